The predicted molar refractivity (Wildman–Crippen MR) is 138 cm³/mol. The van der Waals surface area contributed by atoms with Crippen LogP contribution in [0.3, 0.4) is 0 Å². The zero-order valence-electron chi connectivity index (χ0n) is 20.1. The number of nitriles is 1. The molecule has 2 aliphatic heterocycles. The first-order valence-electron chi connectivity index (χ1n) is 11.9. The van der Waals surface area contributed by atoms with Gasteiger partial charge in [-0.3, -0.25) is 14.3 Å². The molecular weight excluding hydrogens is 514 g/mol. The minimum absolute atomic E-state index is 0.00802. The first-order valence-corrected chi connectivity index (χ1v) is 14.6. The average molecular weight is 540 g/mol. The summed E-state index contributed by atoms with van der Waals surface area (Å²) >= 11 is 1.55. The molecule has 0 radical (unpaired) electrons. The molecule has 192 valence electrons. The van der Waals surface area contributed by atoms with Gasteiger partial charge in [0.15, 0.2) is 9.84 Å². The molecule has 0 aromatic carbocycles. The summed E-state index contributed by atoms with van der Waals surface area (Å²) in [6.45, 7) is 3.85. The average Bonchev–Trinajstić information content (AvgIpc) is 3.57. The number of rotatable bonds is 9. The summed E-state index contributed by atoms with van der Waals surface area (Å²) in [5, 5.41) is 23.7. The Kier molecular flexibility index (Phi) is 5.95. The summed E-state index contributed by atoms with van der Waals surface area (Å²) in [5.41, 5.74) is 2.57. The highest BCUT2D eigenvalue weighted by molar-refractivity contribution is 7.91. The zero-order valence-corrected chi connectivity index (χ0v) is 21.7. The number of nitrogens with one attached hydrogen (secondary N) is 1. The number of thiophene rings is 1. The van der Waals surface area contributed by atoms with Gasteiger partial charge in [0.1, 0.15) is 11.4 Å². The summed E-state index contributed by atoms with van der Waals surface area (Å²) in [6.07, 6.45) is 7.52. The maximum absolute atomic E-state index is 12.1. The Morgan fingerprint density at radius 3 is 2.81 bits per heavy atom. The molecule has 1 N–H and O–H groups in total. The van der Waals surface area contributed by atoms with Gasteiger partial charge in [-0.15, -0.1) is 11.3 Å². The van der Waals surface area contributed by atoms with E-state index in [1.54, 1.807) is 35.3 Å². The van der Waals surface area contributed by atoms with E-state index in [0.29, 0.717) is 32.3 Å². The molecule has 0 amide bonds. The second kappa shape index (κ2) is 9.18. The van der Waals surface area contributed by atoms with Crippen LogP contribution in [0.15, 0.2) is 36.2 Å². The van der Waals surface area contributed by atoms with Gasteiger partial charge in [-0.25, -0.2) is 18.4 Å². The van der Waals surface area contributed by atoms with Gasteiger partial charge in [0.2, 0.25) is 5.95 Å². The Balaban J connectivity index is 1.27. The summed E-state index contributed by atoms with van der Waals surface area (Å²) in [7, 11) is -3.14. The van der Waals surface area contributed by atoms with Gasteiger partial charge in [0.05, 0.1) is 65.7 Å². The fourth-order valence-corrected chi connectivity index (χ4v) is 6.42. The molecule has 6 rings (SSSR count). The van der Waals surface area contributed by atoms with Crippen molar-refractivity contribution in [3.63, 3.8) is 0 Å². The molecule has 4 aromatic rings. The maximum Gasteiger partial charge on any atom is 0.228 e. The lowest BCUT2D eigenvalue weighted by molar-refractivity contribution is -0.0286. The third-order valence-electron chi connectivity index (χ3n) is 6.76. The number of fused-ring (bicyclic) bond motifs is 1. The highest BCUT2D eigenvalue weighted by Crippen LogP contribution is 2.36. The summed E-state index contributed by atoms with van der Waals surface area (Å²) < 4.78 is 34.0. The molecule has 14 heteroatoms. The molecule has 2 aliphatic rings. The van der Waals surface area contributed by atoms with E-state index in [4.69, 9.17) is 9.72 Å². The van der Waals surface area contributed by atoms with Crippen molar-refractivity contribution in [1.29, 1.82) is 5.26 Å². The van der Waals surface area contributed by atoms with Crippen LogP contribution in [0.1, 0.15) is 19.4 Å². The van der Waals surface area contributed by atoms with Crippen LogP contribution < -0.4 is 5.32 Å². The third kappa shape index (κ3) is 4.48. The van der Waals surface area contributed by atoms with Gasteiger partial charge in [-0.2, -0.15) is 15.5 Å². The van der Waals surface area contributed by atoms with Crippen molar-refractivity contribution in [2.45, 2.75) is 24.9 Å². The predicted octanol–water partition coefficient (Wildman–Crippen LogP) is 2.38. The molecule has 2 saturated heterocycles. The van der Waals surface area contributed by atoms with Crippen LogP contribution in [0.2, 0.25) is 0 Å². The number of hydrogen-bond acceptors (Lipinski definition) is 11. The number of ether oxygens (including phenoxy) is 1. The standard InChI is InChI=1S/C23H25N9O3S2/c1-2-37(33,34)15-30-13-23(14-30,4-5-24)32-9-16(7-26-32)20-21-19(3-6-36-21)28-22(29-20)27-17-8-25-31(10-17)18-11-35-12-18/h3,6-10,18H,2,4,11-15H2,1H3,(H,27,28,29). The van der Waals surface area contributed by atoms with Crippen LogP contribution in [0.5, 0.6) is 0 Å². The van der Waals surface area contributed by atoms with E-state index in [1.807, 2.05) is 33.4 Å². The largest absolute Gasteiger partial charge is 0.377 e. The molecule has 6 heterocycles. The topological polar surface area (TPSA) is 144 Å². The fourth-order valence-electron chi connectivity index (χ4n) is 4.66. The van der Waals surface area contributed by atoms with Crippen LogP contribution in [-0.2, 0) is 20.1 Å². The van der Waals surface area contributed by atoms with E-state index in [-0.39, 0.29) is 24.1 Å². The highest BCUT2D eigenvalue weighted by Gasteiger charge is 2.46. The Hall–Kier alpha value is -3.38. The van der Waals surface area contributed by atoms with E-state index in [2.05, 4.69) is 26.6 Å². The molecule has 0 aliphatic carbocycles. The van der Waals surface area contributed by atoms with Gasteiger partial charge in [0.25, 0.3) is 0 Å². The second-order valence-electron chi connectivity index (χ2n) is 9.44. The molecule has 12 nitrogen and oxygen atoms in total. The Morgan fingerprint density at radius 1 is 1.24 bits per heavy atom. The summed E-state index contributed by atoms with van der Waals surface area (Å²) in [6, 6.07) is 4.45. The molecule has 0 unspecified atom stereocenters. The molecule has 0 spiro atoms. The van der Waals surface area contributed by atoms with Crippen LogP contribution >= 0.6 is 11.3 Å². The third-order valence-corrected chi connectivity index (χ3v) is 9.31. The van der Waals surface area contributed by atoms with Crippen molar-refractivity contribution in [3.05, 3.63) is 36.2 Å². The van der Waals surface area contributed by atoms with Gasteiger partial charge in [-0.1, -0.05) is 6.92 Å². The normalized spacial score (nSPS) is 17.8. The van der Waals surface area contributed by atoms with Crippen molar-refractivity contribution in [3.8, 4) is 17.3 Å². The molecule has 37 heavy (non-hydrogen) atoms. The Morgan fingerprint density at radius 2 is 2.08 bits per heavy atom. The van der Waals surface area contributed by atoms with Crippen molar-refractivity contribution in [1.82, 2.24) is 34.4 Å². The lowest BCUT2D eigenvalue weighted by Crippen LogP contribution is -2.63. The lowest BCUT2D eigenvalue weighted by atomic mass is 9.87. The van der Waals surface area contributed by atoms with Crippen molar-refractivity contribution in [2.75, 3.05) is 43.2 Å². The maximum atomic E-state index is 12.1. The fraction of sp³-hybridized carbons (Fsp3) is 0.435. The second-order valence-corrected chi connectivity index (χ2v) is 12.7. The number of hydrogen-bond donors (Lipinski definition) is 1. The number of likely N-dealkylation sites (tertiary alicyclic amines) is 1. The molecule has 2 fully saturated rings. The molecular formula is C23H25N9O3S2. The Bertz CT molecular complexity index is 1590. The van der Waals surface area contributed by atoms with Gasteiger partial charge >= 0.3 is 0 Å². The minimum atomic E-state index is -3.14. The molecule has 4 aromatic heterocycles. The van der Waals surface area contributed by atoms with Crippen LogP contribution in [0, 0.1) is 11.3 Å². The number of sulfone groups is 1. The smallest absolute Gasteiger partial charge is 0.228 e. The zero-order chi connectivity index (χ0) is 25.6. The monoisotopic (exact) mass is 539 g/mol. The van der Waals surface area contributed by atoms with E-state index in [0.717, 1.165) is 27.2 Å². The molecule has 0 atom stereocenters. The van der Waals surface area contributed by atoms with E-state index in [9.17, 15) is 13.7 Å². The highest BCUT2D eigenvalue weighted by atomic mass is 32.2. The first-order chi connectivity index (χ1) is 17.9. The summed E-state index contributed by atoms with van der Waals surface area (Å²) in [4.78, 5) is 11.3. The van der Waals surface area contributed by atoms with E-state index < -0.39 is 15.4 Å². The van der Waals surface area contributed by atoms with Crippen molar-refractivity contribution < 1.29 is 13.2 Å². The SMILES string of the molecule is CCS(=O)(=O)CN1CC(CC#N)(n2cc(-c3nc(Nc4cnn(C5COC5)c4)nc4ccsc34)cn2)C1. The van der Waals surface area contributed by atoms with Crippen molar-refractivity contribution >= 4 is 43.0 Å². The first kappa shape index (κ1) is 24.0. The number of aromatic nitrogens is 6. The molecule has 0 bridgehead atoms. The number of nitrogens with zero attached hydrogens (tertiary/aromatic N) is 8. The van der Waals surface area contributed by atoms with Gasteiger partial charge in [-0.05, 0) is 11.4 Å². The van der Waals surface area contributed by atoms with Crippen LogP contribution in [0.4, 0.5) is 11.6 Å². The van der Waals surface area contributed by atoms with E-state index >= 15 is 0 Å². The van der Waals surface area contributed by atoms with E-state index in [1.165, 1.54) is 0 Å². The van der Waals surface area contributed by atoms with Gasteiger partial charge < -0.3 is 10.1 Å². The van der Waals surface area contributed by atoms with Crippen LogP contribution in [0.25, 0.3) is 21.5 Å². The Labute approximate surface area is 217 Å². The van der Waals surface area contributed by atoms with Crippen molar-refractivity contribution in [2.24, 2.45) is 0 Å². The minimum Gasteiger partial charge on any atom is -0.377 e. The lowest BCUT2D eigenvalue weighted by Gasteiger charge is -2.48. The quantitative estimate of drug-likeness (QED) is 0.337. The van der Waals surface area contributed by atoms with Gasteiger partial charge in [0, 0.05) is 36.8 Å². The number of anilines is 2. The molecule has 0 saturated carbocycles. The summed E-state index contributed by atoms with van der Waals surface area (Å²) in [5.74, 6) is 0.535. The van der Waals surface area contributed by atoms with Crippen LogP contribution in [-0.4, -0.2) is 80.8 Å².